The minimum absolute atomic E-state index is 0.254. The predicted octanol–water partition coefficient (Wildman–Crippen LogP) is 2.05. The zero-order valence-electron chi connectivity index (χ0n) is 11.3. The second-order valence-corrected chi connectivity index (χ2v) is 6.45. The van der Waals surface area contributed by atoms with E-state index in [1.807, 2.05) is 35.2 Å². The monoisotopic (exact) mass is 301 g/mol. The molecule has 6 heteroatoms. The quantitative estimate of drug-likeness (QED) is 0.880. The molecule has 0 saturated carbocycles. The van der Waals surface area contributed by atoms with Crippen LogP contribution in [0.2, 0.25) is 0 Å². The molecule has 0 aromatic heterocycles. The molecule has 0 saturated heterocycles. The zero-order valence-corrected chi connectivity index (χ0v) is 12.1. The second kappa shape index (κ2) is 5.21. The highest BCUT2D eigenvalue weighted by molar-refractivity contribution is 7.90. The van der Waals surface area contributed by atoms with Gasteiger partial charge in [-0.15, -0.1) is 4.40 Å². The molecule has 108 valence electrons. The number of fused-ring (bicyclic) bond motifs is 1. The third-order valence-corrected chi connectivity index (χ3v) is 4.67. The van der Waals surface area contributed by atoms with E-state index in [1.54, 1.807) is 18.2 Å². The summed E-state index contributed by atoms with van der Waals surface area (Å²) in [6.07, 6.45) is 2.16. The summed E-state index contributed by atoms with van der Waals surface area (Å²) < 4.78 is 27.4. The number of benzene rings is 2. The number of para-hydroxylation sites is 1. The van der Waals surface area contributed by atoms with Crippen LogP contribution >= 0.6 is 0 Å². The second-order valence-electron chi connectivity index (χ2n) is 4.85. The van der Waals surface area contributed by atoms with Gasteiger partial charge in [0.05, 0.1) is 5.69 Å². The number of nitrogen functional groups attached to an aromatic ring is 1. The number of hydrogen-bond donors (Lipinski definition) is 1. The molecule has 2 aromatic rings. The van der Waals surface area contributed by atoms with Crippen LogP contribution in [0.3, 0.4) is 0 Å². The van der Waals surface area contributed by atoms with Crippen LogP contribution in [0.1, 0.15) is 5.56 Å². The van der Waals surface area contributed by atoms with Crippen molar-refractivity contribution in [3.8, 4) is 0 Å². The lowest BCUT2D eigenvalue weighted by Gasteiger charge is -2.24. The maximum Gasteiger partial charge on any atom is 0.285 e. The van der Waals surface area contributed by atoms with E-state index < -0.39 is 10.0 Å². The normalized spacial score (nSPS) is 15.7. The van der Waals surface area contributed by atoms with Gasteiger partial charge >= 0.3 is 0 Å². The first-order valence-corrected chi connectivity index (χ1v) is 8.01. The highest BCUT2D eigenvalue weighted by Crippen LogP contribution is 2.29. The summed E-state index contributed by atoms with van der Waals surface area (Å²) in [7, 11) is -3.55. The molecular weight excluding hydrogens is 286 g/mol. The molecule has 0 unspecified atom stereocenters. The van der Waals surface area contributed by atoms with Crippen molar-refractivity contribution < 1.29 is 8.42 Å². The summed E-state index contributed by atoms with van der Waals surface area (Å²) in [5.74, 6) is 0. The van der Waals surface area contributed by atoms with E-state index in [1.165, 1.54) is 6.34 Å². The number of hydrogen-bond acceptors (Lipinski definition) is 4. The minimum atomic E-state index is -3.55. The number of nitrogens with two attached hydrogens (primary N) is 1. The number of nitrogens with zero attached hydrogens (tertiary/aromatic N) is 2. The number of anilines is 2. The fourth-order valence-electron chi connectivity index (χ4n) is 2.26. The Labute approximate surface area is 123 Å². The molecule has 1 heterocycles. The van der Waals surface area contributed by atoms with Crippen LogP contribution in [0, 0.1) is 0 Å². The minimum Gasteiger partial charge on any atom is -0.399 e. The van der Waals surface area contributed by atoms with Crippen molar-refractivity contribution in [1.82, 2.24) is 0 Å². The van der Waals surface area contributed by atoms with E-state index in [4.69, 9.17) is 5.73 Å². The summed E-state index contributed by atoms with van der Waals surface area (Å²) in [5.41, 5.74) is 8.20. The molecule has 0 atom stereocenters. The van der Waals surface area contributed by atoms with Gasteiger partial charge < -0.3 is 10.6 Å². The molecular formula is C15H15N3O2S. The van der Waals surface area contributed by atoms with Crippen molar-refractivity contribution in [2.45, 2.75) is 11.3 Å². The molecule has 5 nitrogen and oxygen atoms in total. The SMILES string of the molecule is Nc1ccc(CCN2C=NS(=O)(=O)c3ccccc32)cc1. The molecule has 21 heavy (non-hydrogen) atoms. The largest absolute Gasteiger partial charge is 0.399 e. The molecule has 1 aliphatic heterocycles. The van der Waals surface area contributed by atoms with Crippen molar-refractivity contribution in [2.24, 2.45) is 4.40 Å². The summed E-state index contributed by atoms with van der Waals surface area (Å²) in [5, 5.41) is 0. The van der Waals surface area contributed by atoms with Crippen LogP contribution < -0.4 is 10.6 Å². The van der Waals surface area contributed by atoms with Gasteiger partial charge in [-0.1, -0.05) is 24.3 Å². The molecule has 3 rings (SSSR count). The van der Waals surface area contributed by atoms with Crippen LogP contribution in [-0.2, 0) is 16.4 Å². The summed E-state index contributed by atoms with van der Waals surface area (Å²) in [4.78, 5) is 2.11. The third-order valence-electron chi connectivity index (χ3n) is 3.40. The van der Waals surface area contributed by atoms with Crippen LogP contribution in [-0.4, -0.2) is 21.3 Å². The average Bonchev–Trinajstić information content (AvgIpc) is 2.48. The fourth-order valence-corrected chi connectivity index (χ4v) is 3.31. The van der Waals surface area contributed by atoms with Gasteiger partial charge in [-0.05, 0) is 36.2 Å². The summed E-state index contributed by atoms with van der Waals surface area (Å²) >= 11 is 0. The van der Waals surface area contributed by atoms with Crippen LogP contribution in [0.25, 0.3) is 0 Å². The topological polar surface area (TPSA) is 75.8 Å². The van der Waals surface area contributed by atoms with E-state index in [0.29, 0.717) is 12.2 Å². The molecule has 0 aliphatic carbocycles. The Morgan fingerprint density at radius 2 is 1.76 bits per heavy atom. The molecule has 0 spiro atoms. The summed E-state index contributed by atoms with van der Waals surface area (Å²) in [6.45, 7) is 0.653. The third kappa shape index (κ3) is 2.75. The van der Waals surface area contributed by atoms with Gasteiger partial charge in [0.25, 0.3) is 10.0 Å². The van der Waals surface area contributed by atoms with Gasteiger partial charge in [-0.3, -0.25) is 0 Å². The molecule has 1 aliphatic rings. The Hall–Kier alpha value is -2.34. The molecule has 0 radical (unpaired) electrons. The van der Waals surface area contributed by atoms with Crippen molar-refractivity contribution in [3.63, 3.8) is 0 Å². The van der Waals surface area contributed by atoms with Gasteiger partial charge in [-0.25, -0.2) is 0 Å². The first-order valence-electron chi connectivity index (χ1n) is 6.57. The molecule has 2 aromatic carbocycles. The van der Waals surface area contributed by atoms with Crippen molar-refractivity contribution in [2.75, 3.05) is 17.2 Å². The van der Waals surface area contributed by atoms with Crippen molar-refractivity contribution >= 4 is 27.7 Å². The van der Waals surface area contributed by atoms with Gasteiger partial charge in [-0.2, -0.15) is 8.42 Å². The van der Waals surface area contributed by atoms with Crippen LogP contribution in [0.5, 0.6) is 0 Å². The lowest BCUT2D eigenvalue weighted by Crippen LogP contribution is -2.29. The highest BCUT2D eigenvalue weighted by atomic mass is 32.2. The van der Waals surface area contributed by atoms with Crippen molar-refractivity contribution in [3.05, 3.63) is 54.1 Å². The first kappa shape index (κ1) is 13.6. The lowest BCUT2D eigenvalue weighted by atomic mass is 10.1. The Balaban J connectivity index is 1.82. The average molecular weight is 301 g/mol. The summed E-state index contributed by atoms with van der Waals surface area (Å²) in [6, 6.07) is 14.6. The van der Waals surface area contributed by atoms with E-state index in [-0.39, 0.29) is 4.90 Å². The standard InChI is InChI=1S/C15H15N3O2S/c16-13-7-5-12(6-8-13)9-10-18-11-17-21(19,20)15-4-2-1-3-14(15)18/h1-8,11H,9-10,16H2. The smallest absolute Gasteiger partial charge is 0.285 e. The Morgan fingerprint density at radius 1 is 1.05 bits per heavy atom. The maximum atomic E-state index is 11.9. The Bertz CT molecular complexity index is 783. The highest BCUT2D eigenvalue weighted by Gasteiger charge is 2.24. The van der Waals surface area contributed by atoms with Gasteiger partial charge in [0.15, 0.2) is 0 Å². The van der Waals surface area contributed by atoms with E-state index in [9.17, 15) is 8.42 Å². The van der Waals surface area contributed by atoms with Gasteiger partial charge in [0.1, 0.15) is 11.2 Å². The molecule has 0 amide bonds. The van der Waals surface area contributed by atoms with E-state index in [0.717, 1.165) is 17.7 Å². The van der Waals surface area contributed by atoms with Crippen LogP contribution in [0.15, 0.2) is 57.8 Å². The number of rotatable bonds is 3. The number of sulfonamides is 1. The van der Waals surface area contributed by atoms with E-state index in [2.05, 4.69) is 4.40 Å². The molecule has 0 bridgehead atoms. The van der Waals surface area contributed by atoms with Crippen molar-refractivity contribution in [1.29, 1.82) is 0 Å². The van der Waals surface area contributed by atoms with Gasteiger partial charge in [0, 0.05) is 12.2 Å². The zero-order chi connectivity index (χ0) is 14.9. The Morgan fingerprint density at radius 3 is 2.52 bits per heavy atom. The first-order chi connectivity index (χ1) is 10.1. The predicted molar refractivity (Wildman–Crippen MR) is 84.0 cm³/mol. The van der Waals surface area contributed by atoms with Crippen LogP contribution in [0.4, 0.5) is 11.4 Å². The fraction of sp³-hybridized carbons (Fsp3) is 0.133. The molecule has 2 N–H and O–H groups in total. The van der Waals surface area contributed by atoms with E-state index >= 15 is 0 Å². The Kier molecular flexibility index (Phi) is 3.39. The maximum absolute atomic E-state index is 11.9. The lowest BCUT2D eigenvalue weighted by molar-refractivity contribution is 0.597. The molecule has 0 fully saturated rings. The van der Waals surface area contributed by atoms with Gasteiger partial charge in [0.2, 0.25) is 0 Å².